The molecule has 0 spiro atoms. The maximum Gasteiger partial charge on any atom is 0.326 e. The molecule has 1 aromatic heterocycles. The van der Waals surface area contributed by atoms with E-state index in [0.717, 1.165) is 12.1 Å². The molecular formula is C15H15FN4O5S. The molecule has 0 bridgehead atoms. The van der Waals surface area contributed by atoms with Gasteiger partial charge in [-0.3, -0.25) is 9.89 Å². The number of aromatic hydroxyl groups is 1. The number of nitrogens with zero attached hydrogens (tertiary/aromatic N) is 2. The van der Waals surface area contributed by atoms with Crippen molar-refractivity contribution >= 4 is 21.8 Å². The molecule has 1 aromatic carbocycles. The third kappa shape index (κ3) is 2.69. The molecule has 26 heavy (non-hydrogen) atoms. The maximum atomic E-state index is 15.1. The molecule has 0 radical (unpaired) electrons. The molecule has 2 aliphatic rings. The fourth-order valence-corrected chi connectivity index (χ4v) is 4.26. The van der Waals surface area contributed by atoms with Gasteiger partial charge in [-0.15, -0.1) is 0 Å². The number of phenols is 1. The van der Waals surface area contributed by atoms with Crippen molar-refractivity contribution < 1.29 is 27.4 Å². The SMILES string of the molecule is O=C1CN(c2c(O)ccc(-c3cc(C4CCOC4)n[nH]3)c2F)S(=O)(=O)N1. The van der Waals surface area contributed by atoms with Crippen LogP contribution in [0.5, 0.6) is 5.75 Å². The zero-order chi connectivity index (χ0) is 18.5. The Morgan fingerprint density at radius 1 is 1.38 bits per heavy atom. The second-order valence-electron chi connectivity index (χ2n) is 6.10. The van der Waals surface area contributed by atoms with Crippen LogP contribution in [-0.4, -0.2) is 49.4 Å². The van der Waals surface area contributed by atoms with Crippen LogP contribution in [0.2, 0.25) is 0 Å². The quantitative estimate of drug-likeness (QED) is 0.714. The second-order valence-corrected chi connectivity index (χ2v) is 7.69. The summed E-state index contributed by atoms with van der Waals surface area (Å²) in [6, 6.07) is 4.15. The minimum Gasteiger partial charge on any atom is -0.506 e. The van der Waals surface area contributed by atoms with Crippen LogP contribution in [0.4, 0.5) is 10.1 Å². The van der Waals surface area contributed by atoms with E-state index in [1.807, 2.05) is 0 Å². The van der Waals surface area contributed by atoms with Crippen LogP contribution in [0.25, 0.3) is 11.3 Å². The van der Waals surface area contributed by atoms with Crippen molar-refractivity contribution in [1.82, 2.24) is 14.9 Å². The number of carbonyl (C=O) groups is 1. The fraction of sp³-hybridized carbons (Fsp3) is 0.333. The number of halogens is 1. The normalized spacial score (nSPS) is 22.0. The summed E-state index contributed by atoms with van der Waals surface area (Å²) in [4.78, 5) is 11.4. The molecule has 2 aromatic rings. The van der Waals surface area contributed by atoms with Crippen molar-refractivity contribution in [3.05, 3.63) is 29.7 Å². The third-order valence-electron chi connectivity index (χ3n) is 4.40. The molecule has 2 aliphatic heterocycles. The minimum atomic E-state index is -4.25. The Bertz CT molecular complexity index is 984. The molecule has 3 N–H and O–H groups in total. The van der Waals surface area contributed by atoms with Gasteiger partial charge in [-0.2, -0.15) is 13.5 Å². The van der Waals surface area contributed by atoms with Crippen molar-refractivity contribution in [2.75, 3.05) is 24.1 Å². The van der Waals surface area contributed by atoms with Gasteiger partial charge in [-0.05, 0) is 24.6 Å². The Kier molecular flexibility index (Phi) is 3.84. The van der Waals surface area contributed by atoms with E-state index in [-0.39, 0.29) is 11.5 Å². The van der Waals surface area contributed by atoms with Crippen molar-refractivity contribution in [2.45, 2.75) is 12.3 Å². The number of nitrogens with one attached hydrogen (secondary N) is 2. The first-order valence-corrected chi connectivity index (χ1v) is 9.29. The summed E-state index contributed by atoms with van der Waals surface area (Å²) in [6.07, 6.45) is 0.813. The number of phenolic OH excluding ortho intramolecular Hbond substituents is 1. The van der Waals surface area contributed by atoms with Crippen molar-refractivity contribution in [1.29, 1.82) is 0 Å². The van der Waals surface area contributed by atoms with Gasteiger partial charge >= 0.3 is 10.2 Å². The molecule has 3 heterocycles. The van der Waals surface area contributed by atoms with E-state index in [9.17, 15) is 18.3 Å². The zero-order valence-electron chi connectivity index (χ0n) is 13.4. The summed E-state index contributed by atoms with van der Waals surface area (Å²) in [5.74, 6) is -2.25. The maximum absolute atomic E-state index is 15.1. The molecule has 4 rings (SSSR count). The second kappa shape index (κ2) is 5.95. The van der Waals surface area contributed by atoms with Gasteiger partial charge in [-0.25, -0.2) is 13.4 Å². The summed E-state index contributed by atoms with van der Waals surface area (Å²) >= 11 is 0. The lowest BCUT2D eigenvalue weighted by Gasteiger charge is -2.18. The van der Waals surface area contributed by atoms with Gasteiger partial charge in [0, 0.05) is 18.1 Å². The predicted molar refractivity (Wildman–Crippen MR) is 88.2 cm³/mol. The first-order chi connectivity index (χ1) is 12.4. The van der Waals surface area contributed by atoms with Gasteiger partial charge < -0.3 is 9.84 Å². The zero-order valence-corrected chi connectivity index (χ0v) is 14.2. The molecule has 1 amide bonds. The summed E-state index contributed by atoms with van der Waals surface area (Å²) < 4.78 is 46.6. The molecule has 2 saturated heterocycles. The summed E-state index contributed by atoms with van der Waals surface area (Å²) in [5.41, 5.74) is 0.505. The van der Waals surface area contributed by atoms with Gasteiger partial charge in [0.2, 0.25) is 0 Å². The number of carbonyl (C=O) groups excluding carboxylic acids is 1. The standard InChI is InChI=1S/C15H15FN4O5S/c16-14-9(11-5-10(17-18-11)8-3-4-25-7-8)1-2-12(21)15(14)20-6-13(22)19-26(20,23)24/h1-2,5,8,21H,3-4,6-7H2,(H,17,18)(H,19,22). The van der Waals surface area contributed by atoms with Crippen molar-refractivity contribution in [3.8, 4) is 17.0 Å². The van der Waals surface area contributed by atoms with Crippen LogP contribution in [0, 0.1) is 5.82 Å². The first kappa shape index (κ1) is 16.8. The van der Waals surface area contributed by atoms with Crippen molar-refractivity contribution in [2.24, 2.45) is 0 Å². The van der Waals surface area contributed by atoms with Crippen LogP contribution < -0.4 is 9.03 Å². The highest BCUT2D eigenvalue weighted by Crippen LogP contribution is 2.38. The lowest BCUT2D eigenvalue weighted by atomic mass is 10.0. The Labute approximate surface area is 148 Å². The molecule has 11 heteroatoms. The fourth-order valence-electron chi connectivity index (χ4n) is 3.10. The molecule has 0 saturated carbocycles. The van der Waals surface area contributed by atoms with Crippen LogP contribution in [0.3, 0.4) is 0 Å². The number of hydrogen-bond donors (Lipinski definition) is 3. The average Bonchev–Trinajstić information content (AvgIpc) is 3.28. The molecule has 9 nitrogen and oxygen atoms in total. The van der Waals surface area contributed by atoms with E-state index in [2.05, 4.69) is 10.2 Å². The number of aromatic amines is 1. The van der Waals surface area contributed by atoms with Gasteiger partial charge in [0.05, 0.1) is 18.0 Å². The number of aromatic nitrogens is 2. The van der Waals surface area contributed by atoms with E-state index in [4.69, 9.17) is 4.74 Å². The van der Waals surface area contributed by atoms with Gasteiger partial charge in [-0.1, -0.05) is 0 Å². The topological polar surface area (TPSA) is 125 Å². The Morgan fingerprint density at radius 3 is 2.85 bits per heavy atom. The Hall–Kier alpha value is -2.66. The number of ether oxygens (including phenoxy) is 1. The van der Waals surface area contributed by atoms with E-state index in [0.29, 0.717) is 23.2 Å². The number of anilines is 1. The van der Waals surface area contributed by atoms with Crippen LogP contribution in [0.1, 0.15) is 18.0 Å². The molecular weight excluding hydrogens is 367 g/mol. The van der Waals surface area contributed by atoms with Crippen LogP contribution >= 0.6 is 0 Å². The highest BCUT2D eigenvalue weighted by molar-refractivity contribution is 7.92. The summed E-state index contributed by atoms with van der Waals surface area (Å²) in [5, 5.41) is 16.9. The van der Waals surface area contributed by atoms with Gasteiger partial charge in [0.15, 0.2) is 5.82 Å². The average molecular weight is 382 g/mol. The van der Waals surface area contributed by atoms with E-state index >= 15 is 4.39 Å². The number of benzene rings is 1. The number of rotatable bonds is 3. The predicted octanol–water partition coefficient (Wildman–Crippen LogP) is 0.606. The lowest BCUT2D eigenvalue weighted by Crippen LogP contribution is -2.30. The lowest BCUT2D eigenvalue weighted by molar-refractivity contribution is -0.117. The number of amides is 1. The molecule has 1 atom stereocenters. The number of hydrogen-bond acceptors (Lipinski definition) is 6. The number of H-pyrrole nitrogens is 1. The van der Waals surface area contributed by atoms with Gasteiger partial charge in [0.25, 0.3) is 5.91 Å². The molecule has 1 unspecified atom stereocenters. The van der Waals surface area contributed by atoms with E-state index in [1.165, 1.54) is 12.1 Å². The largest absolute Gasteiger partial charge is 0.506 e. The molecule has 138 valence electrons. The van der Waals surface area contributed by atoms with Crippen LogP contribution in [0.15, 0.2) is 18.2 Å². The highest BCUT2D eigenvalue weighted by Gasteiger charge is 2.38. The molecule has 0 aliphatic carbocycles. The highest BCUT2D eigenvalue weighted by atomic mass is 32.2. The molecule has 2 fully saturated rings. The Morgan fingerprint density at radius 2 is 2.19 bits per heavy atom. The van der Waals surface area contributed by atoms with Crippen molar-refractivity contribution in [3.63, 3.8) is 0 Å². The van der Waals surface area contributed by atoms with E-state index < -0.39 is 39.9 Å². The summed E-state index contributed by atoms with van der Waals surface area (Å²) in [6.45, 7) is 0.565. The Balaban J connectivity index is 1.76. The first-order valence-electron chi connectivity index (χ1n) is 7.85. The smallest absolute Gasteiger partial charge is 0.326 e. The monoisotopic (exact) mass is 382 g/mol. The third-order valence-corrected chi connectivity index (χ3v) is 5.78. The van der Waals surface area contributed by atoms with Gasteiger partial charge in [0.1, 0.15) is 18.0 Å². The van der Waals surface area contributed by atoms with E-state index in [1.54, 1.807) is 10.8 Å². The summed E-state index contributed by atoms with van der Waals surface area (Å²) in [7, 11) is -4.25. The van der Waals surface area contributed by atoms with Crippen LogP contribution in [-0.2, 0) is 19.7 Å². The minimum absolute atomic E-state index is 0.0324.